The van der Waals surface area contributed by atoms with E-state index in [-0.39, 0.29) is 5.82 Å². The quantitative estimate of drug-likeness (QED) is 0.849. The Kier molecular flexibility index (Phi) is 3.88. The first kappa shape index (κ1) is 13.0. The van der Waals surface area contributed by atoms with Crippen LogP contribution in [0.4, 0.5) is 4.39 Å². The maximum atomic E-state index is 13.7. The minimum absolute atomic E-state index is 0.350. The third-order valence-electron chi connectivity index (χ3n) is 2.49. The highest BCUT2D eigenvalue weighted by Gasteiger charge is 2.19. The number of hydrogen-bond donors (Lipinski definition) is 1. The molecule has 0 aliphatic carbocycles. The van der Waals surface area contributed by atoms with Gasteiger partial charge in [0.05, 0.1) is 9.83 Å². The molecule has 0 radical (unpaired) electrons. The zero-order valence-electron chi connectivity index (χ0n) is 9.01. The first-order chi connectivity index (χ1) is 8.00. The van der Waals surface area contributed by atoms with Gasteiger partial charge in [-0.1, -0.05) is 17.7 Å². The molecule has 0 fully saturated rings. The van der Waals surface area contributed by atoms with Crippen molar-refractivity contribution in [3.63, 3.8) is 0 Å². The molecule has 0 aliphatic heterocycles. The molecule has 0 aliphatic rings. The average molecular weight is 335 g/mol. The predicted molar refractivity (Wildman–Crippen MR) is 74.2 cm³/mol. The molecule has 1 nitrogen and oxygen atoms in total. The van der Waals surface area contributed by atoms with Gasteiger partial charge in [0.1, 0.15) is 5.82 Å². The fourth-order valence-corrected chi connectivity index (χ4v) is 3.45. The molecule has 0 saturated heterocycles. The lowest BCUT2D eigenvalue weighted by Crippen LogP contribution is -2.12. The van der Waals surface area contributed by atoms with Crippen molar-refractivity contribution >= 4 is 38.9 Å². The van der Waals surface area contributed by atoms with E-state index in [2.05, 4.69) is 15.9 Å². The number of rotatable bonds is 2. The molecular formula is C12H10BrClFNS. The molecule has 1 heterocycles. The van der Waals surface area contributed by atoms with E-state index in [1.54, 1.807) is 12.1 Å². The molecule has 1 aromatic heterocycles. The van der Waals surface area contributed by atoms with E-state index in [1.165, 1.54) is 17.4 Å². The molecule has 0 bridgehead atoms. The molecule has 1 atom stereocenters. The van der Waals surface area contributed by atoms with Crippen molar-refractivity contribution in [3.05, 3.63) is 54.9 Å². The Balaban J connectivity index is 2.47. The highest BCUT2D eigenvalue weighted by Crippen LogP contribution is 2.36. The third-order valence-corrected chi connectivity index (χ3v) is 5.04. The van der Waals surface area contributed by atoms with E-state index in [4.69, 9.17) is 17.3 Å². The summed E-state index contributed by atoms with van der Waals surface area (Å²) in [6.07, 6.45) is 0. The largest absolute Gasteiger partial charge is 0.319 e. The highest BCUT2D eigenvalue weighted by molar-refractivity contribution is 9.11. The molecular weight excluding hydrogens is 325 g/mol. The van der Waals surface area contributed by atoms with Gasteiger partial charge in [0, 0.05) is 15.5 Å². The second-order valence-corrected chi connectivity index (χ2v) is 6.53. The van der Waals surface area contributed by atoms with Crippen molar-refractivity contribution in [1.29, 1.82) is 0 Å². The molecule has 2 aromatic rings. The van der Waals surface area contributed by atoms with E-state index in [0.717, 1.165) is 14.2 Å². The van der Waals surface area contributed by atoms with Crippen LogP contribution in [0, 0.1) is 12.7 Å². The van der Waals surface area contributed by atoms with Gasteiger partial charge in [0.25, 0.3) is 0 Å². The summed E-state index contributed by atoms with van der Waals surface area (Å²) in [7, 11) is 0. The average Bonchev–Trinajstić information content (AvgIpc) is 2.59. The summed E-state index contributed by atoms with van der Waals surface area (Å²) in [6, 6.07) is 6.01. The molecule has 17 heavy (non-hydrogen) atoms. The lowest BCUT2D eigenvalue weighted by atomic mass is 10.1. The number of hydrogen-bond acceptors (Lipinski definition) is 2. The Morgan fingerprint density at radius 1 is 1.47 bits per heavy atom. The monoisotopic (exact) mass is 333 g/mol. The third kappa shape index (κ3) is 2.55. The summed E-state index contributed by atoms with van der Waals surface area (Å²) in [5, 5.41) is 0.361. The molecule has 2 rings (SSSR count). The fraction of sp³-hybridized carbons (Fsp3) is 0.167. The van der Waals surface area contributed by atoms with E-state index in [0.29, 0.717) is 10.6 Å². The lowest BCUT2D eigenvalue weighted by molar-refractivity contribution is 0.601. The van der Waals surface area contributed by atoms with Crippen molar-refractivity contribution in [3.8, 4) is 0 Å². The molecule has 1 aromatic carbocycles. The van der Waals surface area contributed by atoms with Crippen LogP contribution < -0.4 is 5.73 Å². The molecule has 0 spiro atoms. The van der Waals surface area contributed by atoms with E-state index >= 15 is 0 Å². The first-order valence-corrected chi connectivity index (χ1v) is 6.94. The van der Waals surface area contributed by atoms with Crippen LogP contribution >= 0.6 is 38.9 Å². The summed E-state index contributed by atoms with van der Waals surface area (Å²) in [6.45, 7) is 1.97. The highest BCUT2D eigenvalue weighted by atomic mass is 79.9. The minimum atomic E-state index is -0.529. The Labute approximate surface area is 117 Å². The normalized spacial score (nSPS) is 12.8. The number of nitrogens with two attached hydrogens (primary N) is 1. The second kappa shape index (κ2) is 5.06. The van der Waals surface area contributed by atoms with Gasteiger partial charge in [-0.2, -0.15) is 0 Å². The Bertz CT molecular complexity index is 516. The SMILES string of the molecule is Cc1cc(C(N)c2c(F)cccc2Cl)sc1Br. The van der Waals surface area contributed by atoms with Gasteiger partial charge >= 0.3 is 0 Å². The Morgan fingerprint density at radius 2 is 2.18 bits per heavy atom. The Morgan fingerprint density at radius 3 is 2.71 bits per heavy atom. The topological polar surface area (TPSA) is 26.0 Å². The first-order valence-electron chi connectivity index (χ1n) is 4.96. The zero-order valence-corrected chi connectivity index (χ0v) is 12.2. The van der Waals surface area contributed by atoms with Crippen LogP contribution in [0.1, 0.15) is 22.0 Å². The molecule has 0 saturated carbocycles. The molecule has 0 amide bonds. The van der Waals surface area contributed by atoms with Crippen molar-refractivity contribution in [2.24, 2.45) is 5.73 Å². The van der Waals surface area contributed by atoms with Gasteiger partial charge in [0.2, 0.25) is 0 Å². The smallest absolute Gasteiger partial charge is 0.129 e. The van der Waals surface area contributed by atoms with E-state index in [1.807, 2.05) is 13.0 Å². The summed E-state index contributed by atoms with van der Waals surface area (Å²) >= 11 is 10.9. The van der Waals surface area contributed by atoms with Crippen LogP contribution in [0.3, 0.4) is 0 Å². The van der Waals surface area contributed by atoms with Crippen molar-refractivity contribution < 1.29 is 4.39 Å². The van der Waals surface area contributed by atoms with Crippen LogP contribution in [0.5, 0.6) is 0 Å². The van der Waals surface area contributed by atoms with Crippen molar-refractivity contribution in [2.75, 3.05) is 0 Å². The van der Waals surface area contributed by atoms with Gasteiger partial charge in [-0.15, -0.1) is 11.3 Å². The van der Waals surface area contributed by atoms with Gasteiger partial charge in [0.15, 0.2) is 0 Å². The minimum Gasteiger partial charge on any atom is -0.319 e. The van der Waals surface area contributed by atoms with Crippen molar-refractivity contribution in [2.45, 2.75) is 13.0 Å². The standard InChI is InChI=1S/C12H10BrClFNS/c1-6-5-9(17-12(6)13)11(16)10-7(14)3-2-4-8(10)15/h2-5,11H,16H2,1H3. The lowest BCUT2D eigenvalue weighted by Gasteiger charge is -2.12. The number of halogens is 3. The van der Waals surface area contributed by atoms with E-state index < -0.39 is 6.04 Å². The van der Waals surface area contributed by atoms with Crippen molar-refractivity contribution in [1.82, 2.24) is 0 Å². The fourth-order valence-electron chi connectivity index (χ4n) is 1.59. The molecule has 5 heteroatoms. The summed E-state index contributed by atoms with van der Waals surface area (Å²) < 4.78 is 14.7. The molecule has 90 valence electrons. The molecule has 1 unspecified atom stereocenters. The number of benzene rings is 1. The predicted octanol–water partition coefficient (Wildman–Crippen LogP) is 4.66. The van der Waals surface area contributed by atoms with Crippen LogP contribution in [-0.2, 0) is 0 Å². The molecule has 2 N–H and O–H groups in total. The summed E-state index contributed by atoms with van der Waals surface area (Å²) in [5.74, 6) is -0.368. The van der Waals surface area contributed by atoms with Crippen LogP contribution in [0.15, 0.2) is 28.1 Å². The van der Waals surface area contributed by atoms with Crippen LogP contribution in [0.25, 0.3) is 0 Å². The van der Waals surface area contributed by atoms with Gasteiger partial charge in [-0.05, 0) is 46.6 Å². The van der Waals surface area contributed by atoms with Crippen LogP contribution in [0.2, 0.25) is 5.02 Å². The van der Waals surface area contributed by atoms with Gasteiger partial charge in [-0.3, -0.25) is 0 Å². The summed E-state index contributed by atoms with van der Waals surface area (Å²) in [4.78, 5) is 0.890. The Hall–Kier alpha value is -0.420. The number of aryl methyl sites for hydroxylation is 1. The van der Waals surface area contributed by atoms with Crippen LogP contribution in [-0.4, -0.2) is 0 Å². The summed E-state index contributed by atoms with van der Waals surface area (Å²) in [5.41, 5.74) is 7.51. The maximum Gasteiger partial charge on any atom is 0.129 e. The van der Waals surface area contributed by atoms with Gasteiger partial charge < -0.3 is 5.73 Å². The zero-order chi connectivity index (χ0) is 12.6. The maximum absolute atomic E-state index is 13.7. The second-order valence-electron chi connectivity index (χ2n) is 3.72. The number of thiophene rings is 1. The van der Waals surface area contributed by atoms with Gasteiger partial charge in [-0.25, -0.2) is 4.39 Å². The van der Waals surface area contributed by atoms with E-state index in [9.17, 15) is 4.39 Å².